The van der Waals surface area contributed by atoms with E-state index < -0.39 is 41.9 Å². The topological polar surface area (TPSA) is 125 Å². The van der Waals surface area contributed by atoms with E-state index >= 15 is 0 Å². The Kier molecular flexibility index (Phi) is 3.30. The summed E-state index contributed by atoms with van der Waals surface area (Å²) in [7, 11) is 0. The molecule has 2 heterocycles. The van der Waals surface area contributed by atoms with Gasteiger partial charge in [-0.2, -0.15) is 0 Å². The molecule has 1 aliphatic heterocycles. The van der Waals surface area contributed by atoms with E-state index in [9.17, 15) is 24.9 Å². The molecular weight excluding hydrogens is 256 g/mol. The van der Waals surface area contributed by atoms with Gasteiger partial charge in [0.25, 0.3) is 5.56 Å². The zero-order valence-electron chi connectivity index (χ0n) is 9.68. The van der Waals surface area contributed by atoms with E-state index in [2.05, 4.69) is 5.92 Å². The number of H-pyrrole nitrogens is 1. The monoisotopic (exact) mass is 268 g/mol. The summed E-state index contributed by atoms with van der Waals surface area (Å²) in [6.45, 7) is -0.726. The number of aliphatic hydroxyl groups is 3. The minimum absolute atomic E-state index is 0.611. The Hall–Kier alpha value is -1.92. The number of hydrogen-bond donors (Lipinski definition) is 4. The van der Waals surface area contributed by atoms with Crippen LogP contribution in [-0.2, 0) is 4.74 Å². The van der Waals surface area contributed by atoms with E-state index in [4.69, 9.17) is 11.2 Å². The lowest BCUT2D eigenvalue weighted by molar-refractivity contribution is -0.0936. The molecule has 4 unspecified atom stereocenters. The first-order valence-electron chi connectivity index (χ1n) is 5.39. The van der Waals surface area contributed by atoms with Crippen molar-refractivity contribution in [1.82, 2.24) is 9.55 Å². The van der Waals surface area contributed by atoms with E-state index in [1.807, 2.05) is 4.98 Å². The van der Waals surface area contributed by atoms with Crippen molar-refractivity contribution >= 4 is 0 Å². The molecule has 8 heteroatoms. The lowest BCUT2D eigenvalue weighted by Gasteiger charge is -2.23. The third-order valence-corrected chi connectivity index (χ3v) is 3.03. The summed E-state index contributed by atoms with van der Waals surface area (Å²) in [6.07, 6.45) is 1.90. The Morgan fingerprint density at radius 1 is 1.53 bits per heavy atom. The first kappa shape index (κ1) is 13.5. The predicted molar refractivity (Wildman–Crippen MR) is 62.1 cm³/mol. The molecular formula is C11H12N2O6. The van der Waals surface area contributed by atoms with E-state index in [-0.39, 0.29) is 0 Å². The number of aromatic amines is 1. The molecule has 0 bridgehead atoms. The maximum absolute atomic E-state index is 11.6. The number of nitrogens with one attached hydrogen (secondary N) is 1. The minimum atomic E-state index is -1.79. The Morgan fingerprint density at radius 2 is 2.21 bits per heavy atom. The van der Waals surface area contributed by atoms with Crippen LogP contribution in [0.15, 0.2) is 21.9 Å². The standard InChI is InChI=1S/C11H12N2O6/c1-2-11(5-14)8(17)7(16)9(19-11)13-4-3-6(15)12-10(13)18/h1,3-4,7-9,14,16-17H,5H2,(H,12,15,18). The summed E-state index contributed by atoms with van der Waals surface area (Å²) in [5, 5.41) is 28.9. The lowest BCUT2D eigenvalue weighted by Crippen LogP contribution is -2.45. The van der Waals surface area contributed by atoms with E-state index in [1.165, 1.54) is 0 Å². The molecule has 1 aromatic heterocycles. The van der Waals surface area contributed by atoms with Gasteiger partial charge in [-0.1, -0.05) is 5.92 Å². The fourth-order valence-corrected chi connectivity index (χ4v) is 1.93. The summed E-state index contributed by atoms with van der Waals surface area (Å²) in [5.74, 6) is 2.07. The molecule has 1 aromatic rings. The molecule has 8 nitrogen and oxygen atoms in total. The van der Waals surface area contributed by atoms with Crippen molar-refractivity contribution in [1.29, 1.82) is 0 Å². The van der Waals surface area contributed by atoms with Crippen LogP contribution in [0.1, 0.15) is 6.23 Å². The fourth-order valence-electron chi connectivity index (χ4n) is 1.93. The summed E-state index contributed by atoms with van der Waals surface area (Å²) in [4.78, 5) is 24.5. The van der Waals surface area contributed by atoms with E-state index in [0.717, 1.165) is 16.8 Å². The average Bonchev–Trinajstić information content (AvgIpc) is 2.64. The molecule has 0 aromatic carbocycles. The van der Waals surface area contributed by atoms with Gasteiger partial charge in [-0.15, -0.1) is 6.42 Å². The zero-order chi connectivity index (χ0) is 14.2. The van der Waals surface area contributed by atoms with Gasteiger partial charge in [0.2, 0.25) is 0 Å². The number of nitrogens with zero attached hydrogens (tertiary/aromatic N) is 1. The fraction of sp³-hybridized carbons (Fsp3) is 0.455. The number of aliphatic hydroxyl groups excluding tert-OH is 3. The molecule has 0 spiro atoms. The molecule has 0 aliphatic carbocycles. The third kappa shape index (κ3) is 1.98. The molecule has 4 atom stereocenters. The van der Waals surface area contributed by atoms with Crippen molar-refractivity contribution in [2.45, 2.75) is 24.0 Å². The van der Waals surface area contributed by atoms with Gasteiger partial charge in [0, 0.05) is 12.3 Å². The highest BCUT2D eigenvalue weighted by molar-refractivity contribution is 5.18. The first-order valence-corrected chi connectivity index (χ1v) is 5.39. The van der Waals surface area contributed by atoms with Crippen LogP contribution in [0.5, 0.6) is 0 Å². The van der Waals surface area contributed by atoms with Gasteiger partial charge in [0.1, 0.15) is 12.2 Å². The highest BCUT2D eigenvalue weighted by Gasteiger charge is 2.54. The van der Waals surface area contributed by atoms with Gasteiger partial charge in [-0.3, -0.25) is 14.3 Å². The maximum Gasteiger partial charge on any atom is 0.330 e. The van der Waals surface area contributed by atoms with Crippen molar-refractivity contribution < 1.29 is 20.1 Å². The second kappa shape index (κ2) is 4.64. The number of hydrogen-bond acceptors (Lipinski definition) is 6. The molecule has 4 N–H and O–H groups in total. The Labute approximate surface area is 106 Å². The number of terminal acetylenes is 1. The van der Waals surface area contributed by atoms with Gasteiger partial charge in [-0.25, -0.2) is 4.79 Å². The van der Waals surface area contributed by atoms with E-state index in [0.29, 0.717) is 0 Å². The molecule has 102 valence electrons. The van der Waals surface area contributed by atoms with Crippen molar-refractivity contribution in [2.24, 2.45) is 0 Å². The average molecular weight is 268 g/mol. The van der Waals surface area contributed by atoms with Crippen molar-refractivity contribution in [3.63, 3.8) is 0 Å². The van der Waals surface area contributed by atoms with Crippen LogP contribution in [0.25, 0.3) is 0 Å². The quantitative estimate of drug-likeness (QED) is 0.428. The van der Waals surface area contributed by atoms with Crippen LogP contribution in [-0.4, -0.2) is 49.3 Å². The molecule has 0 amide bonds. The normalized spacial score (nSPS) is 34.1. The highest BCUT2D eigenvalue weighted by atomic mass is 16.6. The van der Waals surface area contributed by atoms with Crippen molar-refractivity contribution in [3.05, 3.63) is 33.1 Å². The molecule has 19 heavy (non-hydrogen) atoms. The van der Waals surface area contributed by atoms with Crippen molar-refractivity contribution in [2.75, 3.05) is 6.61 Å². The number of aromatic nitrogens is 2. The lowest BCUT2D eigenvalue weighted by atomic mass is 9.97. The molecule has 1 aliphatic rings. The van der Waals surface area contributed by atoms with Crippen LogP contribution in [0.2, 0.25) is 0 Å². The Bertz CT molecular complexity index is 629. The minimum Gasteiger partial charge on any atom is -0.392 e. The molecule has 1 fully saturated rings. The predicted octanol–water partition coefficient (Wildman–Crippen LogP) is -2.85. The Balaban J connectivity index is 2.46. The second-order valence-corrected chi connectivity index (χ2v) is 4.15. The second-order valence-electron chi connectivity index (χ2n) is 4.15. The van der Waals surface area contributed by atoms with Crippen LogP contribution in [0.4, 0.5) is 0 Å². The van der Waals surface area contributed by atoms with Crippen molar-refractivity contribution in [3.8, 4) is 12.3 Å². The van der Waals surface area contributed by atoms with Gasteiger partial charge < -0.3 is 20.1 Å². The van der Waals surface area contributed by atoms with E-state index in [1.54, 1.807) is 0 Å². The summed E-state index contributed by atoms with van der Waals surface area (Å²) in [5.41, 5.74) is -3.23. The smallest absolute Gasteiger partial charge is 0.330 e. The molecule has 0 radical (unpaired) electrons. The third-order valence-electron chi connectivity index (χ3n) is 3.03. The van der Waals surface area contributed by atoms with Gasteiger partial charge in [0.15, 0.2) is 11.8 Å². The highest BCUT2D eigenvalue weighted by Crippen LogP contribution is 2.35. The van der Waals surface area contributed by atoms with Gasteiger partial charge >= 0.3 is 5.69 Å². The number of ether oxygens (including phenoxy) is 1. The van der Waals surface area contributed by atoms with Crippen LogP contribution < -0.4 is 11.2 Å². The van der Waals surface area contributed by atoms with Gasteiger partial charge in [0.05, 0.1) is 6.61 Å². The molecule has 1 saturated heterocycles. The summed E-state index contributed by atoms with van der Waals surface area (Å²) < 4.78 is 6.11. The largest absolute Gasteiger partial charge is 0.392 e. The Morgan fingerprint density at radius 3 is 2.68 bits per heavy atom. The summed E-state index contributed by atoms with van der Waals surface area (Å²) in [6, 6.07) is 1.05. The zero-order valence-corrected chi connectivity index (χ0v) is 9.68. The van der Waals surface area contributed by atoms with Crippen LogP contribution >= 0.6 is 0 Å². The SMILES string of the molecule is C#CC1(CO)OC(n2ccc(=O)[nH]c2=O)C(O)C1O. The molecule has 2 rings (SSSR count). The first-order chi connectivity index (χ1) is 8.95. The van der Waals surface area contributed by atoms with Gasteiger partial charge in [-0.05, 0) is 0 Å². The summed E-state index contributed by atoms with van der Waals surface area (Å²) >= 11 is 0. The number of rotatable bonds is 2. The maximum atomic E-state index is 11.6. The van der Waals surface area contributed by atoms with Crippen LogP contribution in [0.3, 0.4) is 0 Å². The molecule has 0 saturated carbocycles. The van der Waals surface area contributed by atoms with Crippen LogP contribution in [0, 0.1) is 12.3 Å².